The monoisotopic (exact) mass is 659 g/mol. The van der Waals surface area contributed by atoms with Crippen LogP contribution in [0.25, 0.3) is 0 Å². The molecule has 4 rings (SSSR count). The number of hydrogen-bond donors (Lipinski definition) is 0. The van der Waals surface area contributed by atoms with Crippen LogP contribution in [0.2, 0.25) is 5.02 Å². The third kappa shape index (κ3) is 5.54. The van der Waals surface area contributed by atoms with E-state index in [1.54, 1.807) is 48.5 Å². The van der Waals surface area contributed by atoms with Gasteiger partial charge < -0.3 is 14.2 Å². The van der Waals surface area contributed by atoms with Crippen molar-refractivity contribution in [3.8, 4) is 5.75 Å². The molecule has 220 valence electrons. The second-order valence-electron chi connectivity index (χ2n) is 12.8. The van der Waals surface area contributed by atoms with Gasteiger partial charge in [0, 0.05) is 29.1 Å². The second-order valence-corrected chi connectivity index (χ2v) is 16.6. The number of ether oxygens (including phenoxy) is 3. The van der Waals surface area contributed by atoms with Crippen LogP contribution in [-0.4, -0.2) is 48.4 Å². The maximum atomic E-state index is 14.7. The number of hydrogen-bond acceptors (Lipinski definition) is 6. The maximum absolute atomic E-state index is 14.7. The minimum Gasteiger partial charge on any atom is -0.480 e. The first kappa shape index (κ1) is 31.2. The van der Waals surface area contributed by atoms with Crippen molar-refractivity contribution in [3.05, 3.63) is 62.8 Å². The predicted molar refractivity (Wildman–Crippen MR) is 155 cm³/mol. The Bertz CT molecular complexity index is 1410. The first-order chi connectivity index (χ1) is 18.3. The predicted octanol–water partition coefficient (Wildman–Crippen LogP) is 6.60. The number of sulfonamides is 1. The van der Waals surface area contributed by atoms with Crippen LogP contribution < -0.4 is 4.74 Å². The van der Waals surface area contributed by atoms with E-state index in [4.69, 9.17) is 25.8 Å². The molecule has 0 aromatic heterocycles. The van der Waals surface area contributed by atoms with E-state index in [1.807, 2.05) is 30.3 Å². The molecule has 0 aliphatic carbocycles. The Morgan fingerprint density at radius 3 is 2.40 bits per heavy atom. The number of carbonyl (C=O) groups excluding carboxylic acids is 1. The standard InChI is InChI=1S/C29H36BrClFNO6S/c1-26(2,3)25(34)37-17-38-28(7)15-22(33(16-28)40(35,36)27(4,5)6)29(18-11-9-8-10-12-18)14-19-21(39-29)13-20(32)24(31)23(19)30/h8-13,22H,14-17H2,1-7H3/t22?,28?,29-/m0/s1. The lowest BCUT2D eigenvalue weighted by atomic mass is 9.80. The number of halogens is 3. The number of nitrogens with zero attached hydrogens (tertiary/aromatic N) is 1. The molecule has 2 aromatic carbocycles. The van der Waals surface area contributed by atoms with Gasteiger partial charge in [0.2, 0.25) is 10.0 Å². The summed E-state index contributed by atoms with van der Waals surface area (Å²) < 4.78 is 61.6. The molecular weight excluding hydrogens is 625 g/mol. The molecule has 7 nitrogen and oxygen atoms in total. The van der Waals surface area contributed by atoms with E-state index >= 15 is 0 Å². The Kier molecular flexibility index (Phi) is 8.22. The number of rotatable bonds is 6. The third-order valence-electron chi connectivity index (χ3n) is 7.51. The van der Waals surface area contributed by atoms with Gasteiger partial charge in [-0.2, -0.15) is 4.31 Å². The summed E-state index contributed by atoms with van der Waals surface area (Å²) in [6, 6.07) is 9.81. The van der Waals surface area contributed by atoms with Gasteiger partial charge in [-0.15, -0.1) is 0 Å². The van der Waals surface area contributed by atoms with Gasteiger partial charge in [-0.3, -0.25) is 4.79 Å². The van der Waals surface area contributed by atoms with Gasteiger partial charge in [0.1, 0.15) is 11.6 Å². The lowest BCUT2D eigenvalue weighted by Crippen LogP contribution is -2.55. The summed E-state index contributed by atoms with van der Waals surface area (Å²) in [5.41, 5.74) is -1.56. The van der Waals surface area contributed by atoms with Gasteiger partial charge in [-0.05, 0) is 76.4 Å². The van der Waals surface area contributed by atoms with Crippen LogP contribution in [0.4, 0.5) is 4.39 Å². The Balaban J connectivity index is 1.81. The van der Waals surface area contributed by atoms with Crippen LogP contribution in [0.1, 0.15) is 66.0 Å². The fourth-order valence-electron chi connectivity index (χ4n) is 5.18. The van der Waals surface area contributed by atoms with Crippen LogP contribution in [0.3, 0.4) is 0 Å². The molecule has 1 saturated heterocycles. The number of esters is 1. The molecule has 11 heteroatoms. The van der Waals surface area contributed by atoms with Crippen LogP contribution in [0.5, 0.6) is 5.75 Å². The van der Waals surface area contributed by atoms with Crippen molar-refractivity contribution in [1.82, 2.24) is 4.31 Å². The van der Waals surface area contributed by atoms with Gasteiger partial charge in [-0.1, -0.05) is 41.9 Å². The fraction of sp³-hybridized carbons (Fsp3) is 0.552. The van der Waals surface area contributed by atoms with Crippen molar-refractivity contribution in [1.29, 1.82) is 0 Å². The molecule has 40 heavy (non-hydrogen) atoms. The average Bonchev–Trinajstić information content (AvgIpc) is 3.42. The Labute approximate surface area is 249 Å². The topological polar surface area (TPSA) is 82.1 Å². The molecular formula is C29H36BrClFNO6S. The van der Waals surface area contributed by atoms with Crippen molar-refractivity contribution in [3.63, 3.8) is 0 Å². The van der Waals surface area contributed by atoms with Gasteiger partial charge in [0.15, 0.2) is 12.4 Å². The molecule has 0 saturated carbocycles. The summed E-state index contributed by atoms with van der Waals surface area (Å²) in [5, 5.41) is -0.0642. The normalized spacial score (nSPS) is 25.5. The van der Waals surface area contributed by atoms with Crippen molar-refractivity contribution in [2.24, 2.45) is 5.41 Å². The second kappa shape index (κ2) is 10.5. The highest BCUT2D eigenvalue weighted by atomic mass is 79.9. The Morgan fingerprint density at radius 2 is 1.82 bits per heavy atom. The Hall–Kier alpha value is -1.72. The zero-order valence-corrected chi connectivity index (χ0v) is 27.0. The van der Waals surface area contributed by atoms with Gasteiger partial charge >= 0.3 is 5.97 Å². The summed E-state index contributed by atoms with van der Waals surface area (Å²) in [5.74, 6) is -0.779. The molecule has 3 atom stereocenters. The maximum Gasteiger partial charge on any atom is 0.313 e. The van der Waals surface area contributed by atoms with E-state index in [2.05, 4.69) is 15.9 Å². The van der Waals surface area contributed by atoms with Crippen LogP contribution >= 0.6 is 27.5 Å². The van der Waals surface area contributed by atoms with E-state index < -0.39 is 49.2 Å². The molecule has 2 heterocycles. The molecule has 2 aliphatic heterocycles. The van der Waals surface area contributed by atoms with Crippen LogP contribution in [-0.2, 0) is 36.3 Å². The number of carbonyl (C=O) groups is 1. The minimum atomic E-state index is -3.90. The van der Waals surface area contributed by atoms with E-state index in [9.17, 15) is 17.6 Å². The molecule has 2 aromatic rings. The minimum absolute atomic E-state index is 0.00884. The summed E-state index contributed by atoms with van der Waals surface area (Å²) in [6.07, 6.45) is 0.467. The van der Waals surface area contributed by atoms with E-state index in [1.165, 1.54) is 10.4 Å². The highest BCUT2D eigenvalue weighted by Crippen LogP contribution is 2.53. The fourth-order valence-corrected chi connectivity index (χ4v) is 7.60. The zero-order chi connectivity index (χ0) is 29.9. The van der Waals surface area contributed by atoms with E-state index in [-0.39, 0.29) is 31.2 Å². The van der Waals surface area contributed by atoms with Crippen molar-refractivity contribution in [2.75, 3.05) is 13.3 Å². The molecule has 0 bridgehead atoms. The lowest BCUT2D eigenvalue weighted by Gasteiger charge is -2.41. The largest absolute Gasteiger partial charge is 0.480 e. The summed E-state index contributed by atoms with van der Waals surface area (Å²) in [6.45, 7) is 11.6. The quantitative estimate of drug-likeness (QED) is 0.197. The molecule has 0 amide bonds. The molecule has 0 radical (unpaired) electrons. The highest BCUT2D eigenvalue weighted by molar-refractivity contribution is 9.10. The lowest BCUT2D eigenvalue weighted by molar-refractivity contribution is -0.178. The number of fused-ring (bicyclic) bond motifs is 1. The summed E-state index contributed by atoms with van der Waals surface area (Å²) in [7, 11) is -3.90. The SMILES string of the molecule is CC1(OCOC(=O)C(C)(C)C)CC([C@@]2(c3ccccc3)Cc3c(cc(F)c(Cl)c3Br)O2)N(S(=O)(=O)C(C)(C)C)C1. The summed E-state index contributed by atoms with van der Waals surface area (Å²) in [4.78, 5) is 12.3. The zero-order valence-electron chi connectivity index (χ0n) is 23.8. The molecule has 2 aliphatic rings. The first-order valence-corrected chi connectivity index (χ1v) is 15.7. The molecule has 0 N–H and O–H groups in total. The first-order valence-electron chi connectivity index (χ1n) is 13.1. The number of benzene rings is 2. The average molecular weight is 661 g/mol. The molecule has 1 fully saturated rings. The van der Waals surface area contributed by atoms with Crippen molar-refractivity contribution in [2.45, 2.75) is 83.3 Å². The van der Waals surface area contributed by atoms with Crippen molar-refractivity contribution >= 4 is 43.5 Å². The van der Waals surface area contributed by atoms with Crippen molar-refractivity contribution < 1.29 is 31.8 Å². The smallest absolute Gasteiger partial charge is 0.313 e. The van der Waals surface area contributed by atoms with E-state index in [0.29, 0.717) is 15.8 Å². The summed E-state index contributed by atoms with van der Waals surface area (Å²) >= 11 is 9.67. The van der Waals surface area contributed by atoms with E-state index in [0.717, 1.165) is 5.56 Å². The third-order valence-corrected chi connectivity index (χ3v) is 11.5. The van der Waals surface area contributed by atoms with Gasteiger partial charge in [-0.25, -0.2) is 12.8 Å². The van der Waals surface area contributed by atoms with Crippen LogP contribution in [0.15, 0.2) is 40.9 Å². The molecule has 2 unspecified atom stereocenters. The van der Waals surface area contributed by atoms with Gasteiger partial charge in [0.05, 0.1) is 26.8 Å². The molecule has 0 spiro atoms. The highest BCUT2D eigenvalue weighted by Gasteiger charge is 2.61. The van der Waals surface area contributed by atoms with Crippen LogP contribution in [0, 0.1) is 11.2 Å². The Morgan fingerprint density at radius 1 is 1.20 bits per heavy atom. The van der Waals surface area contributed by atoms with Gasteiger partial charge in [0.25, 0.3) is 0 Å².